The van der Waals surface area contributed by atoms with E-state index in [2.05, 4.69) is 0 Å². The molecule has 0 spiro atoms. The molecule has 0 radical (unpaired) electrons. The summed E-state index contributed by atoms with van der Waals surface area (Å²) < 4.78 is 1.75. The van der Waals surface area contributed by atoms with Crippen molar-refractivity contribution in [2.45, 2.75) is 13.5 Å². The number of nitrogen functional groups attached to an aromatic ring is 1. The van der Waals surface area contributed by atoms with Gasteiger partial charge < -0.3 is 5.73 Å². The normalized spacial score (nSPS) is 10.5. The van der Waals surface area contributed by atoms with E-state index in [9.17, 15) is 4.79 Å². The SMILES string of the molecule is CCn1c(-c2cccc(N)c2)csc1=O. The summed E-state index contributed by atoms with van der Waals surface area (Å²) in [6, 6.07) is 7.58. The van der Waals surface area contributed by atoms with Crippen LogP contribution in [-0.4, -0.2) is 4.57 Å². The van der Waals surface area contributed by atoms with Crippen LogP contribution in [0.1, 0.15) is 6.92 Å². The quantitative estimate of drug-likeness (QED) is 0.788. The van der Waals surface area contributed by atoms with Gasteiger partial charge in [0.1, 0.15) is 0 Å². The highest BCUT2D eigenvalue weighted by atomic mass is 32.1. The van der Waals surface area contributed by atoms with Crippen LogP contribution in [0.15, 0.2) is 34.4 Å². The van der Waals surface area contributed by atoms with Gasteiger partial charge in [-0.2, -0.15) is 0 Å². The molecule has 3 nitrogen and oxygen atoms in total. The zero-order chi connectivity index (χ0) is 10.8. The molecule has 15 heavy (non-hydrogen) atoms. The molecule has 2 N–H and O–H groups in total. The lowest BCUT2D eigenvalue weighted by molar-refractivity contribution is 0.757. The van der Waals surface area contributed by atoms with E-state index in [1.54, 1.807) is 4.57 Å². The lowest BCUT2D eigenvalue weighted by Crippen LogP contribution is -2.12. The Morgan fingerprint density at radius 3 is 2.93 bits per heavy atom. The summed E-state index contributed by atoms with van der Waals surface area (Å²) in [4.78, 5) is 11.6. The Bertz CT molecular complexity index is 527. The van der Waals surface area contributed by atoms with Crippen LogP contribution < -0.4 is 10.6 Å². The van der Waals surface area contributed by atoms with Crippen LogP contribution in [0.4, 0.5) is 5.69 Å². The highest BCUT2D eigenvalue weighted by Gasteiger charge is 2.06. The number of nitrogens with two attached hydrogens (primary N) is 1. The maximum absolute atomic E-state index is 11.5. The van der Waals surface area contributed by atoms with Crippen LogP contribution in [0.5, 0.6) is 0 Å². The Morgan fingerprint density at radius 2 is 2.27 bits per heavy atom. The zero-order valence-electron chi connectivity index (χ0n) is 8.43. The number of rotatable bonds is 2. The van der Waals surface area contributed by atoms with Crippen molar-refractivity contribution in [2.24, 2.45) is 0 Å². The first-order chi connectivity index (χ1) is 7.22. The van der Waals surface area contributed by atoms with E-state index < -0.39 is 0 Å². The topological polar surface area (TPSA) is 48.0 Å². The molecule has 1 aromatic carbocycles. The smallest absolute Gasteiger partial charge is 0.307 e. The molecule has 78 valence electrons. The highest BCUT2D eigenvalue weighted by Crippen LogP contribution is 2.21. The Morgan fingerprint density at radius 1 is 1.47 bits per heavy atom. The standard InChI is InChI=1S/C11H12N2OS/c1-2-13-10(7-15-11(13)14)8-4-3-5-9(12)6-8/h3-7H,2,12H2,1H3. The molecule has 1 heterocycles. The first kappa shape index (κ1) is 9.98. The lowest BCUT2D eigenvalue weighted by Gasteiger charge is -2.05. The van der Waals surface area contributed by atoms with Gasteiger partial charge in [0, 0.05) is 23.2 Å². The van der Waals surface area contributed by atoms with Crippen molar-refractivity contribution in [1.82, 2.24) is 4.57 Å². The molecule has 0 saturated heterocycles. The zero-order valence-corrected chi connectivity index (χ0v) is 9.25. The van der Waals surface area contributed by atoms with Gasteiger partial charge in [0.05, 0.1) is 5.69 Å². The van der Waals surface area contributed by atoms with Gasteiger partial charge in [-0.05, 0) is 19.1 Å². The minimum Gasteiger partial charge on any atom is -0.399 e. The molecule has 0 bridgehead atoms. The predicted molar refractivity (Wildman–Crippen MR) is 64.1 cm³/mol. The van der Waals surface area contributed by atoms with Gasteiger partial charge in [-0.3, -0.25) is 9.36 Å². The van der Waals surface area contributed by atoms with Gasteiger partial charge >= 0.3 is 4.87 Å². The van der Waals surface area contributed by atoms with Crippen LogP contribution in [0.2, 0.25) is 0 Å². The van der Waals surface area contributed by atoms with E-state index in [4.69, 9.17) is 5.73 Å². The maximum Gasteiger partial charge on any atom is 0.307 e. The second-order valence-electron chi connectivity index (χ2n) is 3.26. The number of hydrogen-bond donors (Lipinski definition) is 1. The molecule has 2 aromatic rings. The molecule has 2 rings (SSSR count). The molecule has 0 fully saturated rings. The fourth-order valence-corrected chi connectivity index (χ4v) is 2.38. The number of aromatic nitrogens is 1. The second-order valence-corrected chi connectivity index (χ2v) is 4.08. The summed E-state index contributed by atoms with van der Waals surface area (Å²) in [6.07, 6.45) is 0. The van der Waals surface area contributed by atoms with Crippen molar-refractivity contribution >= 4 is 17.0 Å². The number of anilines is 1. The molecule has 0 saturated carbocycles. The molecule has 0 aliphatic carbocycles. The fraction of sp³-hybridized carbons (Fsp3) is 0.182. The predicted octanol–water partition coefficient (Wildman–Crippen LogP) is 2.18. The Balaban J connectivity index is 2.59. The first-order valence-corrected chi connectivity index (χ1v) is 5.64. The number of thiazole rings is 1. The third-order valence-corrected chi connectivity index (χ3v) is 3.04. The van der Waals surface area contributed by atoms with E-state index in [0.717, 1.165) is 11.3 Å². The lowest BCUT2D eigenvalue weighted by atomic mass is 10.1. The van der Waals surface area contributed by atoms with E-state index in [0.29, 0.717) is 12.2 Å². The monoisotopic (exact) mass is 220 g/mol. The van der Waals surface area contributed by atoms with Crippen molar-refractivity contribution in [1.29, 1.82) is 0 Å². The van der Waals surface area contributed by atoms with Gasteiger partial charge in [-0.1, -0.05) is 23.5 Å². The largest absolute Gasteiger partial charge is 0.399 e. The molecule has 0 aliphatic heterocycles. The minimum absolute atomic E-state index is 0.0786. The maximum atomic E-state index is 11.5. The average molecular weight is 220 g/mol. The van der Waals surface area contributed by atoms with Crippen LogP contribution in [-0.2, 0) is 6.54 Å². The molecule has 0 unspecified atom stereocenters. The van der Waals surface area contributed by atoms with Gasteiger partial charge in [0.25, 0.3) is 0 Å². The Hall–Kier alpha value is -1.55. The summed E-state index contributed by atoms with van der Waals surface area (Å²) in [5.74, 6) is 0. The summed E-state index contributed by atoms with van der Waals surface area (Å²) in [7, 11) is 0. The third-order valence-electron chi connectivity index (χ3n) is 2.28. The Labute approximate surface area is 91.8 Å². The summed E-state index contributed by atoms with van der Waals surface area (Å²) in [6.45, 7) is 2.65. The van der Waals surface area contributed by atoms with Gasteiger partial charge in [-0.25, -0.2) is 0 Å². The second kappa shape index (κ2) is 3.90. The number of nitrogens with zero attached hydrogens (tertiary/aromatic N) is 1. The molecule has 0 amide bonds. The molecule has 0 atom stereocenters. The van der Waals surface area contributed by atoms with E-state index >= 15 is 0 Å². The van der Waals surface area contributed by atoms with Crippen LogP contribution in [0, 0.1) is 0 Å². The van der Waals surface area contributed by atoms with Crippen molar-refractivity contribution in [3.63, 3.8) is 0 Å². The molecule has 1 aromatic heterocycles. The van der Waals surface area contributed by atoms with E-state index in [1.165, 1.54) is 11.3 Å². The highest BCUT2D eigenvalue weighted by molar-refractivity contribution is 7.07. The summed E-state index contributed by atoms with van der Waals surface area (Å²) >= 11 is 1.22. The average Bonchev–Trinajstić information content (AvgIpc) is 2.59. The molecule has 4 heteroatoms. The van der Waals surface area contributed by atoms with Crippen molar-refractivity contribution in [2.75, 3.05) is 5.73 Å². The molecule has 0 aliphatic rings. The van der Waals surface area contributed by atoms with Crippen molar-refractivity contribution < 1.29 is 0 Å². The van der Waals surface area contributed by atoms with Crippen LogP contribution in [0.3, 0.4) is 0 Å². The number of hydrogen-bond acceptors (Lipinski definition) is 3. The van der Waals surface area contributed by atoms with Gasteiger partial charge in [-0.15, -0.1) is 0 Å². The van der Waals surface area contributed by atoms with Crippen LogP contribution in [0.25, 0.3) is 11.3 Å². The van der Waals surface area contributed by atoms with Gasteiger partial charge in [0.15, 0.2) is 0 Å². The van der Waals surface area contributed by atoms with Gasteiger partial charge in [0.2, 0.25) is 0 Å². The Kier molecular flexibility index (Phi) is 2.60. The summed E-state index contributed by atoms with van der Waals surface area (Å²) in [5, 5.41) is 1.88. The molecular weight excluding hydrogens is 208 g/mol. The third kappa shape index (κ3) is 1.80. The molecular formula is C11H12N2OS. The minimum atomic E-state index is 0.0786. The number of benzene rings is 1. The van der Waals surface area contributed by atoms with Crippen molar-refractivity contribution in [3.05, 3.63) is 39.3 Å². The van der Waals surface area contributed by atoms with E-state index in [-0.39, 0.29) is 4.87 Å². The van der Waals surface area contributed by atoms with Crippen molar-refractivity contribution in [3.8, 4) is 11.3 Å². The van der Waals surface area contributed by atoms with E-state index in [1.807, 2.05) is 36.6 Å². The fourth-order valence-electron chi connectivity index (χ4n) is 1.55. The summed E-state index contributed by atoms with van der Waals surface area (Å²) in [5.41, 5.74) is 8.37. The van der Waals surface area contributed by atoms with Crippen LogP contribution >= 0.6 is 11.3 Å². The first-order valence-electron chi connectivity index (χ1n) is 4.76.